The van der Waals surface area contributed by atoms with Gasteiger partial charge in [0.1, 0.15) is 12.4 Å². The Morgan fingerprint density at radius 3 is 2.37 bits per heavy atom. The summed E-state index contributed by atoms with van der Waals surface area (Å²) in [6, 6.07) is 9.22. The van der Waals surface area contributed by atoms with E-state index in [-0.39, 0.29) is 29.4 Å². The van der Waals surface area contributed by atoms with E-state index in [1.165, 1.54) is 54.3 Å². The van der Waals surface area contributed by atoms with Crippen molar-refractivity contribution >= 4 is 23.2 Å². The number of carbonyl (C=O) groups excluding carboxylic acids is 2. The number of anilines is 1. The Hall–Kier alpha value is -3.29. The second-order valence-electron chi connectivity index (χ2n) is 6.29. The number of amides is 2. The zero-order valence-corrected chi connectivity index (χ0v) is 15.2. The summed E-state index contributed by atoms with van der Waals surface area (Å²) < 4.78 is 12.9. The Bertz CT molecular complexity index is 866. The number of nitro groups is 1. The molecule has 27 heavy (non-hydrogen) atoms. The third kappa shape index (κ3) is 4.87. The smallest absolute Gasteiger partial charge is 0.273 e. The van der Waals surface area contributed by atoms with Crippen molar-refractivity contribution in [1.29, 1.82) is 0 Å². The largest absolute Gasteiger partial charge is 0.327 e. The number of halogens is 1. The molecule has 0 unspecified atom stereocenters. The molecule has 0 aliphatic carbocycles. The van der Waals surface area contributed by atoms with Gasteiger partial charge in [-0.2, -0.15) is 0 Å². The molecular weight excluding hydrogens is 353 g/mol. The predicted molar refractivity (Wildman–Crippen MR) is 99.0 cm³/mol. The maximum atomic E-state index is 12.9. The number of benzene rings is 2. The van der Waals surface area contributed by atoms with Gasteiger partial charge >= 0.3 is 0 Å². The Balaban J connectivity index is 2.20. The highest BCUT2D eigenvalue weighted by atomic mass is 19.1. The monoisotopic (exact) mass is 373 g/mol. The van der Waals surface area contributed by atoms with Crippen LogP contribution in [0, 0.1) is 22.9 Å². The second-order valence-corrected chi connectivity index (χ2v) is 6.29. The molecule has 0 aliphatic rings. The lowest BCUT2D eigenvalue weighted by Gasteiger charge is -2.26. The van der Waals surface area contributed by atoms with Crippen molar-refractivity contribution < 1.29 is 18.9 Å². The van der Waals surface area contributed by atoms with E-state index in [4.69, 9.17) is 0 Å². The fraction of sp³-hybridized carbons (Fsp3) is 0.263. The molecule has 8 heteroatoms. The predicted octanol–water partition coefficient (Wildman–Crippen LogP) is 3.53. The summed E-state index contributed by atoms with van der Waals surface area (Å²) in [5, 5.41) is 13.7. The summed E-state index contributed by atoms with van der Waals surface area (Å²) in [6.07, 6.45) is 0. The Kier molecular flexibility index (Phi) is 6.23. The summed E-state index contributed by atoms with van der Waals surface area (Å²) in [6.45, 7) is 4.75. The molecule has 2 aromatic rings. The van der Waals surface area contributed by atoms with Crippen LogP contribution in [0.5, 0.6) is 0 Å². The van der Waals surface area contributed by atoms with E-state index >= 15 is 0 Å². The topological polar surface area (TPSA) is 92.6 Å². The summed E-state index contributed by atoms with van der Waals surface area (Å²) >= 11 is 0. The van der Waals surface area contributed by atoms with E-state index in [1.54, 1.807) is 13.8 Å². The van der Waals surface area contributed by atoms with Crippen molar-refractivity contribution in [1.82, 2.24) is 4.90 Å². The van der Waals surface area contributed by atoms with Gasteiger partial charge in [-0.3, -0.25) is 19.7 Å². The zero-order valence-electron chi connectivity index (χ0n) is 15.2. The Labute approximate surface area is 155 Å². The minimum Gasteiger partial charge on any atom is -0.327 e. The van der Waals surface area contributed by atoms with Gasteiger partial charge in [0.15, 0.2) is 0 Å². The van der Waals surface area contributed by atoms with Crippen LogP contribution in [-0.4, -0.2) is 34.2 Å². The molecule has 2 aromatic carbocycles. The highest BCUT2D eigenvalue weighted by Crippen LogP contribution is 2.23. The molecule has 0 radical (unpaired) electrons. The van der Waals surface area contributed by atoms with Gasteiger partial charge in [-0.1, -0.05) is 6.07 Å². The number of nitrogens with one attached hydrogen (secondary N) is 1. The zero-order chi connectivity index (χ0) is 20.1. The molecule has 7 nitrogen and oxygen atoms in total. The van der Waals surface area contributed by atoms with Gasteiger partial charge in [-0.05, 0) is 51.1 Å². The summed E-state index contributed by atoms with van der Waals surface area (Å²) in [5.74, 6) is -1.35. The van der Waals surface area contributed by atoms with Crippen LogP contribution in [0.3, 0.4) is 0 Å². The van der Waals surface area contributed by atoms with Crippen molar-refractivity contribution in [3.05, 3.63) is 69.5 Å². The molecule has 0 spiro atoms. The van der Waals surface area contributed by atoms with Crippen LogP contribution in [-0.2, 0) is 4.79 Å². The maximum Gasteiger partial charge on any atom is 0.273 e. The number of carbonyl (C=O) groups is 2. The summed E-state index contributed by atoms with van der Waals surface area (Å²) in [5.41, 5.74) is 0.675. The van der Waals surface area contributed by atoms with E-state index in [2.05, 4.69) is 5.32 Å². The van der Waals surface area contributed by atoms with Gasteiger partial charge < -0.3 is 10.2 Å². The minimum atomic E-state index is -0.549. The quantitative estimate of drug-likeness (QED) is 0.619. The van der Waals surface area contributed by atoms with Gasteiger partial charge in [0.05, 0.1) is 4.92 Å². The fourth-order valence-corrected chi connectivity index (χ4v) is 2.58. The summed E-state index contributed by atoms with van der Waals surface area (Å²) in [7, 11) is 0. The lowest BCUT2D eigenvalue weighted by Crippen LogP contribution is -2.42. The molecule has 142 valence electrons. The Morgan fingerprint density at radius 1 is 1.19 bits per heavy atom. The summed E-state index contributed by atoms with van der Waals surface area (Å²) in [4.78, 5) is 37.1. The molecule has 0 saturated heterocycles. The first-order valence-electron chi connectivity index (χ1n) is 8.31. The fourth-order valence-electron chi connectivity index (χ4n) is 2.58. The third-order valence-electron chi connectivity index (χ3n) is 4.06. The van der Waals surface area contributed by atoms with Crippen molar-refractivity contribution in [3.63, 3.8) is 0 Å². The average Bonchev–Trinajstić information content (AvgIpc) is 2.61. The first-order chi connectivity index (χ1) is 12.7. The van der Waals surface area contributed by atoms with E-state index < -0.39 is 22.6 Å². The van der Waals surface area contributed by atoms with Gasteiger partial charge in [-0.25, -0.2) is 4.39 Å². The van der Waals surface area contributed by atoms with E-state index in [0.29, 0.717) is 5.69 Å². The molecule has 0 aromatic heterocycles. The normalized spacial score (nSPS) is 10.6. The molecule has 2 amide bonds. The number of nitrogens with zero attached hydrogens (tertiary/aromatic N) is 2. The molecule has 1 N–H and O–H groups in total. The van der Waals surface area contributed by atoms with Crippen molar-refractivity contribution in [3.8, 4) is 0 Å². The van der Waals surface area contributed by atoms with Gasteiger partial charge in [0.2, 0.25) is 5.91 Å². The van der Waals surface area contributed by atoms with E-state index in [0.717, 1.165) is 0 Å². The molecule has 0 aliphatic heterocycles. The number of hydrogen-bond donors (Lipinski definition) is 1. The number of hydrogen-bond acceptors (Lipinski definition) is 4. The Morgan fingerprint density at radius 2 is 1.81 bits per heavy atom. The highest BCUT2D eigenvalue weighted by Gasteiger charge is 2.25. The van der Waals surface area contributed by atoms with Crippen LogP contribution in [0.15, 0.2) is 42.5 Å². The molecule has 0 atom stereocenters. The van der Waals surface area contributed by atoms with Crippen LogP contribution in [0.4, 0.5) is 15.8 Å². The lowest BCUT2D eigenvalue weighted by atomic mass is 10.0. The standard InChI is InChI=1S/C19H20FN3O4/c1-12(2)22(11-18(24)21-15-9-7-14(20)8-10-15)19(25)16-5-4-6-17(13(16)3)23(26)27/h4-10,12H,11H2,1-3H3,(H,21,24). The molecule has 0 heterocycles. The van der Waals surface area contributed by atoms with Crippen LogP contribution < -0.4 is 5.32 Å². The minimum absolute atomic E-state index is 0.152. The van der Waals surface area contributed by atoms with Crippen molar-refractivity contribution in [2.45, 2.75) is 26.8 Å². The number of rotatable bonds is 6. The first-order valence-corrected chi connectivity index (χ1v) is 8.31. The van der Waals surface area contributed by atoms with Crippen LogP contribution in [0.25, 0.3) is 0 Å². The molecule has 0 bridgehead atoms. The van der Waals surface area contributed by atoms with Crippen LogP contribution in [0.1, 0.15) is 29.8 Å². The molecule has 2 rings (SSSR count). The van der Waals surface area contributed by atoms with E-state index in [1.807, 2.05) is 0 Å². The number of nitro benzene ring substituents is 1. The van der Waals surface area contributed by atoms with Crippen LogP contribution >= 0.6 is 0 Å². The highest BCUT2D eigenvalue weighted by molar-refractivity contribution is 6.00. The third-order valence-corrected chi connectivity index (χ3v) is 4.06. The van der Waals surface area contributed by atoms with Gasteiger partial charge in [-0.15, -0.1) is 0 Å². The second kappa shape index (κ2) is 8.39. The maximum absolute atomic E-state index is 12.9. The molecular formula is C19H20FN3O4. The molecule has 0 saturated carbocycles. The molecule has 0 fully saturated rings. The van der Waals surface area contributed by atoms with Crippen molar-refractivity contribution in [2.75, 3.05) is 11.9 Å². The van der Waals surface area contributed by atoms with E-state index in [9.17, 15) is 24.1 Å². The van der Waals surface area contributed by atoms with Crippen LogP contribution in [0.2, 0.25) is 0 Å². The van der Waals surface area contributed by atoms with Gasteiger partial charge in [0, 0.05) is 28.9 Å². The average molecular weight is 373 g/mol. The van der Waals surface area contributed by atoms with Crippen molar-refractivity contribution in [2.24, 2.45) is 0 Å². The van der Waals surface area contributed by atoms with Gasteiger partial charge in [0.25, 0.3) is 11.6 Å². The lowest BCUT2D eigenvalue weighted by molar-refractivity contribution is -0.385. The SMILES string of the molecule is Cc1c(C(=O)N(CC(=O)Nc2ccc(F)cc2)C(C)C)cccc1[N+](=O)[O-]. The first kappa shape index (κ1) is 20.0.